The summed E-state index contributed by atoms with van der Waals surface area (Å²) in [5.74, 6) is -0.535. The normalized spacial score (nSPS) is 13.9. The molecule has 6 heteroatoms. The van der Waals surface area contributed by atoms with E-state index in [-0.39, 0.29) is 24.9 Å². The monoisotopic (exact) mass is 838 g/mol. The summed E-state index contributed by atoms with van der Waals surface area (Å²) in [6, 6.07) is -0.719. The Balaban J connectivity index is 4.61. The van der Waals surface area contributed by atoms with E-state index in [0.717, 1.165) is 89.9 Å². The van der Waals surface area contributed by atoms with E-state index in [1.165, 1.54) is 96.3 Å². The number of nitrogens with one attached hydrogen (secondary N) is 1. The lowest BCUT2D eigenvalue weighted by Gasteiger charge is -2.24. The van der Waals surface area contributed by atoms with Gasteiger partial charge in [0.15, 0.2) is 0 Å². The van der Waals surface area contributed by atoms with Crippen LogP contribution in [0.3, 0.4) is 0 Å². The SMILES string of the molecule is CC/C=C/C=C/C=C\CCCCCC(CC(=O)NC(CO)C(O)CCCCCCCCCCCCCC)OC(=O)CCCCCCC/C=C/C=C/C=C/CCCCCCC. The highest BCUT2D eigenvalue weighted by molar-refractivity contribution is 5.77. The zero-order valence-electron chi connectivity index (χ0n) is 39.3. The summed E-state index contributed by atoms with van der Waals surface area (Å²) in [6.45, 7) is 6.31. The molecule has 1 amide bonds. The van der Waals surface area contributed by atoms with E-state index in [0.29, 0.717) is 19.3 Å². The molecule has 0 aromatic carbocycles. The molecule has 6 nitrogen and oxygen atoms in total. The van der Waals surface area contributed by atoms with Gasteiger partial charge in [-0.15, -0.1) is 0 Å². The molecule has 0 saturated carbocycles. The molecule has 0 heterocycles. The van der Waals surface area contributed by atoms with Crippen molar-refractivity contribution in [2.45, 2.75) is 251 Å². The third kappa shape index (κ3) is 42.0. The van der Waals surface area contributed by atoms with Crippen molar-refractivity contribution in [2.75, 3.05) is 6.61 Å². The Hall–Kier alpha value is -2.70. The smallest absolute Gasteiger partial charge is 0.306 e. The van der Waals surface area contributed by atoms with Gasteiger partial charge in [-0.25, -0.2) is 0 Å². The molecule has 0 aliphatic carbocycles. The molecule has 0 rings (SSSR count). The fraction of sp³-hybridized carbons (Fsp3) is 0.741. The van der Waals surface area contributed by atoms with Crippen molar-refractivity contribution < 1.29 is 24.5 Å². The fourth-order valence-electron chi connectivity index (χ4n) is 7.31. The quantitative estimate of drug-likeness (QED) is 0.0323. The minimum absolute atomic E-state index is 0.0433. The Kier molecular flexibility index (Phi) is 45.2. The number of carbonyl (C=O) groups is 2. The van der Waals surface area contributed by atoms with Crippen molar-refractivity contribution in [2.24, 2.45) is 0 Å². The number of ether oxygens (including phenoxy) is 1. The number of unbranched alkanes of at least 4 members (excludes halogenated alkanes) is 24. The molecule has 0 aromatic heterocycles. The third-order valence-corrected chi connectivity index (χ3v) is 11.1. The first-order valence-corrected chi connectivity index (χ1v) is 25.2. The van der Waals surface area contributed by atoms with Crippen LogP contribution in [0.5, 0.6) is 0 Å². The average molecular weight is 838 g/mol. The average Bonchev–Trinajstić information content (AvgIpc) is 3.24. The second-order valence-electron chi connectivity index (χ2n) is 17.0. The van der Waals surface area contributed by atoms with Crippen molar-refractivity contribution in [1.29, 1.82) is 0 Å². The van der Waals surface area contributed by atoms with Crippen LogP contribution in [0, 0.1) is 0 Å². The van der Waals surface area contributed by atoms with Gasteiger partial charge in [0.1, 0.15) is 6.10 Å². The molecule has 3 atom stereocenters. The van der Waals surface area contributed by atoms with E-state index in [1.54, 1.807) is 0 Å². The standard InChI is InChI=1S/C54H95NO5/c1-4-7-10-13-16-19-22-24-25-26-27-28-29-32-35-38-41-44-47-54(59)60-50(45-42-39-36-33-30-21-18-15-12-9-6-3)48-53(58)55-51(49-56)52(57)46-43-40-37-34-31-23-20-17-14-11-8-5-2/h9,12,15,18,21-22,24-28,30,50-52,56-57H,4-8,10-11,13-14,16-17,19-20,23,29,31-49H2,1-3H3,(H,55,58)/b12-9+,18-15+,24-22+,26-25+,28-27+,30-21-. The van der Waals surface area contributed by atoms with Gasteiger partial charge in [-0.3, -0.25) is 9.59 Å². The Morgan fingerprint density at radius 3 is 1.37 bits per heavy atom. The second-order valence-corrected chi connectivity index (χ2v) is 17.0. The van der Waals surface area contributed by atoms with E-state index in [4.69, 9.17) is 4.74 Å². The van der Waals surface area contributed by atoms with Gasteiger partial charge >= 0.3 is 5.97 Å². The largest absolute Gasteiger partial charge is 0.462 e. The molecule has 0 spiro atoms. The lowest BCUT2D eigenvalue weighted by molar-refractivity contribution is -0.151. The maximum Gasteiger partial charge on any atom is 0.306 e. The van der Waals surface area contributed by atoms with Crippen molar-refractivity contribution in [3.63, 3.8) is 0 Å². The van der Waals surface area contributed by atoms with Gasteiger partial charge in [-0.2, -0.15) is 0 Å². The molecule has 3 unspecified atom stereocenters. The van der Waals surface area contributed by atoms with Gasteiger partial charge < -0.3 is 20.3 Å². The molecular formula is C54H95NO5. The molecule has 0 radical (unpaired) electrons. The molecule has 0 fully saturated rings. The lowest BCUT2D eigenvalue weighted by Crippen LogP contribution is -2.46. The maximum atomic E-state index is 13.2. The van der Waals surface area contributed by atoms with Crippen LogP contribution in [0.2, 0.25) is 0 Å². The Labute approximate surface area is 371 Å². The van der Waals surface area contributed by atoms with Gasteiger partial charge in [0, 0.05) is 6.42 Å². The summed E-state index contributed by atoms with van der Waals surface area (Å²) in [7, 11) is 0. The minimum Gasteiger partial charge on any atom is -0.462 e. The topological polar surface area (TPSA) is 95.9 Å². The Morgan fingerprint density at radius 1 is 0.500 bits per heavy atom. The molecule has 346 valence electrons. The van der Waals surface area contributed by atoms with E-state index < -0.39 is 18.2 Å². The van der Waals surface area contributed by atoms with E-state index in [2.05, 4.69) is 86.8 Å². The van der Waals surface area contributed by atoms with Crippen LogP contribution < -0.4 is 5.32 Å². The second kappa shape index (κ2) is 47.4. The fourth-order valence-corrected chi connectivity index (χ4v) is 7.31. The summed E-state index contributed by atoms with van der Waals surface area (Å²) >= 11 is 0. The first-order chi connectivity index (χ1) is 29.5. The van der Waals surface area contributed by atoms with E-state index in [1.807, 2.05) is 12.2 Å². The van der Waals surface area contributed by atoms with Crippen molar-refractivity contribution >= 4 is 11.9 Å². The molecule has 0 aliphatic heterocycles. The van der Waals surface area contributed by atoms with Crippen LogP contribution in [0.1, 0.15) is 233 Å². The number of esters is 1. The maximum absolute atomic E-state index is 13.2. The van der Waals surface area contributed by atoms with E-state index >= 15 is 0 Å². The minimum atomic E-state index is -0.802. The molecule has 3 N–H and O–H groups in total. The highest BCUT2D eigenvalue weighted by Gasteiger charge is 2.24. The van der Waals surface area contributed by atoms with Crippen LogP contribution >= 0.6 is 0 Å². The van der Waals surface area contributed by atoms with Crippen LogP contribution in [0.4, 0.5) is 0 Å². The molecule has 0 aromatic rings. The summed E-state index contributed by atoms with van der Waals surface area (Å²) in [6.07, 6.45) is 59.6. The van der Waals surface area contributed by atoms with Gasteiger partial charge in [0.25, 0.3) is 0 Å². The summed E-state index contributed by atoms with van der Waals surface area (Å²) in [5, 5.41) is 23.7. The van der Waals surface area contributed by atoms with Crippen molar-refractivity contribution in [1.82, 2.24) is 5.32 Å². The summed E-state index contributed by atoms with van der Waals surface area (Å²) in [4.78, 5) is 26.1. The number of carbonyl (C=O) groups excluding carboxylic acids is 2. The highest BCUT2D eigenvalue weighted by Crippen LogP contribution is 2.17. The number of aliphatic hydroxyl groups excluding tert-OH is 2. The summed E-state index contributed by atoms with van der Waals surface area (Å²) < 4.78 is 5.90. The first kappa shape index (κ1) is 57.3. The van der Waals surface area contributed by atoms with Crippen LogP contribution in [-0.4, -0.2) is 46.9 Å². The zero-order valence-corrected chi connectivity index (χ0v) is 39.3. The van der Waals surface area contributed by atoms with Crippen molar-refractivity contribution in [3.05, 3.63) is 72.9 Å². The van der Waals surface area contributed by atoms with Gasteiger partial charge in [-0.1, -0.05) is 222 Å². The van der Waals surface area contributed by atoms with Crippen LogP contribution in [0.25, 0.3) is 0 Å². The van der Waals surface area contributed by atoms with Gasteiger partial charge in [-0.05, 0) is 70.6 Å². The predicted octanol–water partition coefficient (Wildman–Crippen LogP) is 15.0. The predicted molar refractivity (Wildman–Crippen MR) is 259 cm³/mol. The Morgan fingerprint density at radius 2 is 0.900 bits per heavy atom. The number of hydrogen-bond donors (Lipinski definition) is 3. The molecular weight excluding hydrogens is 743 g/mol. The highest BCUT2D eigenvalue weighted by atomic mass is 16.5. The number of aliphatic hydroxyl groups is 2. The lowest BCUT2D eigenvalue weighted by atomic mass is 10.0. The van der Waals surface area contributed by atoms with Crippen LogP contribution in [0.15, 0.2) is 72.9 Å². The Bertz CT molecular complexity index is 1120. The summed E-state index contributed by atoms with van der Waals surface area (Å²) in [5.41, 5.74) is 0. The number of amides is 1. The molecule has 0 saturated heterocycles. The number of hydrogen-bond acceptors (Lipinski definition) is 5. The van der Waals surface area contributed by atoms with Gasteiger partial charge in [0.2, 0.25) is 5.91 Å². The first-order valence-electron chi connectivity index (χ1n) is 25.2. The molecule has 60 heavy (non-hydrogen) atoms. The number of allylic oxidation sites excluding steroid dienone is 12. The zero-order chi connectivity index (χ0) is 43.8. The third-order valence-electron chi connectivity index (χ3n) is 11.1. The van der Waals surface area contributed by atoms with Crippen molar-refractivity contribution in [3.8, 4) is 0 Å². The molecule has 0 aliphatic rings. The van der Waals surface area contributed by atoms with E-state index in [9.17, 15) is 19.8 Å². The number of rotatable bonds is 44. The molecule has 0 bridgehead atoms. The van der Waals surface area contributed by atoms with Crippen LogP contribution in [-0.2, 0) is 14.3 Å². The van der Waals surface area contributed by atoms with Gasteiger partial charge in [0.05, 0.1) is 25.2 Å².